The van der Waals surface area contributed by atoms with Crippen LogP contribution in [0.1, 0.15) is 93.3 Å². The minimum Gasteiger partial charge on any atom is -0.456 e. The SMILES string of the molecule is CC(=O)O[C@@]12CO[C@@H]1CC[C@@]1(C)[C@@H]3O[C@H](CN(C)C)O[C@@H]3C3=C(C)[C@@H](OC(=O)[C@H](O)[C@@H](NC(=O)OC(C)(C)C)c4ccc(F)cn4)C[C@@](O)([C@@H](C)[C@@H]12)C3(C)C. The third-order valence-corrected chi connectivity index (χ3v) is 12.9. The summed E-state index contributed by atoms with van der Waals surface area (Å²) < 4.78 is 51.4. The zero-order valence-electron chi connectivity index (χ0n) is 33.8. The molecule has 1 aromatic heterocycles. The number of aliphatic hydroxyl groups excluding tert-OH is 1. The van der Waals surface area contributed by atoms with Gasteiger partial charge in [0.15, 0.2) is 18.0 Å². The minimum absolute atomic E-state index is 0.00937. The van der Waals surface area contributed by atoms with Crippen molar-refractivity contribution in [3.63, 3.8) is 0 Å². The fourth-order valence-electron chi connectivity index (χ4n) is 10.5. The quantitative estimate of drug-likeness (QED) is 0.197. The average Bonchev–Trinajstić information content (AvgIpc) is 3.46. The summed E-state index contributed by atoms with van der Waals surface area (Å²) in [6.45, 7) is 16.8. The Labute approximate surface area is 322 Å². The lowest BCUT2D eigenvalue weighted by Gasteiger charge is -2.68. The number of esters is 2. The van der Waals surface area contributed by atoms with E-state index in [4.69, 9.17) is 28.4 Å². The van der Waals surface area contributed by atoms with Gasteiger partial charge in [0.2, 0.25) is 0 Å². The van der Waals surface area contributed by atoms with Crippen molar-refractivity contribution in [3.05, 3.63) is 41.0 Å². The number of likely N-dealkylation sites (N-methyl/N-ethyl adjacent to an activating group) is 1. The molecule has 2 saturated heterocycles. The molecule has 2 aliphatic heterocycles. The van der Waals surface area contributed by atoms with Crippen LogP contribution in [0.2, 0.25) is 0 Å². The Balaban J connectivity index is 1.43. The van der Waals surface area contributed by atoms with Crippen molar-refractivity contribution in [2.45, 2.75) is 141 Å². The molecule has 14 nitrogen and oxygen atoms in total. The number of amides is 1. The van der Waals surface area contributed by atoms with Crippen LogP contribution in [0.15, 0.2) is 29.5 Å². The second kappa shape index (κ2) is 14.3. The van der Waals surface area contributed by atoms with Gasteiger partial charge in [-0.05, 0) is 83.8 Å². The van der Waals surface area contributed by atoms with Crippen molar-refractivity contribution in [2.75, 3.05) is 27.2 Å². The summed E-state index contributed by atoms with van der Waals surface area (Å²) in [4.78, 5) is 45.8. The maximum absolute atomic E-state index is 14.1. The number of hydrogen-bond acceptors (Lipinski definition) is 13. The molecule has 0 radical (unpaired) electrons. The summed E-state index contributed by atoms with van der Waals surface area (Å²) in [5.74, 6) is -3.26. The first-order valence-electron chi connectivity index (χ1n) is 19.1. The van der Waals surface area contributed by atoms with Gasteiger partial charge in [-0.3, -0.25) is 9.78 Å². The number of halogens is 1. The van der Waals surface area contributed by atoms with Crippen LogP contribution in [0.3, 0.4) is 0 Å². The largest absolute Gasteiger partial charge is 0.456 e. The van der Waals surface area contributed by atoms with E-state index in [2.05, 4.69) is 17.2 Å². The van der Waals surface area contributed by atoms with Crippen molar-refractivity contribution in [1.82, 2.24) is 15.2 Å². The first kappa shape index (κ1) is 41.4. The van der Waals surface area contributed by atoms with Crippen molar-refractivity contribution < 1.29 is 57.4 Å². The minimum atomic E-state index is -2.01. The lowest BCUT2D eigenvalue weighted by atomic mass is 9.43. The number of nitrogens with one attached hydrogen (secondary N) is 1. The summed E-state index contributed by atoms with van der Waals surface area (Å²) in [5.41, 5.74) is -3.81. The summed E-state index contributed by atoms with van der Waals surface area (Å²) in [7, 11) is 3.85. The second-order valence-corrected chi connectivity index (χ2v) is 18.2. The van der Waals surface area contributed by atoms with Crippen molar-refractivity contribution in [3.8, 4) is 0 Å². The third kappa shape index (κ3) is 7.07. The number of hydrogen-bond donors (Lipinski definition) is 3. The average molecular weight is 776 g/mol. The summed E-state index contributed by atoms with van der Waals surface area (Å²) in [5, 5.41) is 27.4. The molecule has 3 heterocycles. The van der Waals surface area contributed by atoms with Crippen molar-refractivity contribution in [1.29, 1.82) is 0 Å². The van der Waals surface area contributed by atoms with Crippen LogP contribution in [0, 0.1) is 28.5 Å². The highest BCUT2D eigenvalue weighted by atomic mass is 19.1. The molecule has 2 bridgehead atoms. The molecular formula is C40H58FN3O11. The Morgan fingerprint density at radius 3 is 2.42 bits per heavy atom. The Bertz CT molecular complexity index is 1700. The second-order valence-electron chi connectivity index (χ2n) is 18.2. The zero-order chi connectivity index (χ0) is 40.6. The molecule has 12 atom stereocenters. The number of nitrogens with zero attached hydrogens (tertiary/aromatic N) is 2. The number of carbonyl (C=O) groups excluding carboxylic acids is 3. The summed E-state index contributed by atoms with van der Waals surface area (Å²) in [6.07, 6.45) is -4.13. The van der Waals surface area contributed by atoms with Gasteiger partial charge in [-0.25, -0.2) is 14.0 Å². The molecule has 0 spiro atoms. The molecule has 55 heavy (non-hydrogen) atoms. The van der Waals surface area contributed by atoms with Gasteiger partial charge < -0.3 is 48.9 Å². The molecule has 1 aromatic rings. The first-order chi connectivity index (χ1) is 25.4. The van der Waals surface area contributed by atoms with Gasteiger partial charge in [0, 0.05) is 36.6 Å². The molecular weight excluding hydrogens is 717 g/mol. The van der Waals surface area contributed by atoms with E-state index in [-0.39, 0.29) is 24.8 Å². The van der Waals surface area contributed by atoms with Gasteiger partial charge >= 0.3 is 18.0 Å². The summed E-state index contributed by atoms with van der Waals surface area (Å²) in [6, 6.07) is 0.856. The monoisotopic (exact) mass is 775 g/mol. The molecule has 4 fully saturated rings. The van der Waals surface area contributed by atoms with Crippen LogP contribution in [-0.4, -0.2) is 119 Å². The van der Waals surface area contributed by atoms with Crippen LogP contribution in [0.5, 0.6) is 0 Å². The topological polar surface area (TPSA) is 175 Å². The van der Waals surface area contributed by atoms with Gasteiger partial charge in [-0.15, -0.1) is 0 Å². The van der Waals surface area contributed by atoms with Crippen LogP contribution in [0.4, 0.5) is 9.18 Å². The van der Waals surface area contributed by atoms with Gasteiger partial charge in [0.1, 0.15) is 35.8 Å². The fourth-order valence-corrected chi connectivity index (χ4v) is 10.5. The molecule has 0 aromatic carbocycles. The molecule has 2 saturated carbocycles. The van der Waals surface area contributed by atoms with Gasteiger partial charge in [-0.2, -0.15) is 0 Å². The molecule has 3 N–H and O–H groups in total. The van der Waals surface area contributed by atoms with E-state index < -0.39 is 100 Å². The predicted octanol–water partition coefficient (Wildman–Crippen LogP) is 3.98. The molecule has 1 amide bonds. The van der Waals surface area contributed by atoms with E-state index in [1.54, 1.807) is 20.8 Å². The number of alkyl carbamates (subject to hydrolysis) is 1. The summed E-state index contributed by atoms with van der Waals surface area (Å²) >= 11 is 0. The van der Waals surface area contributed by atoms with E-state index >= 15 is 0 Å². The Morgan fingerprint density at radius 1 is 1.16 bits per heavy atom. The standard InChI is InChI=1S/C40H58FN3O11/c1-20-25(51-34(47)30(46)29(24-13-12-23(41)17-42-24)43-35(48)55-36(4,5)6)16-40(49)21(2)32-38(9,15-14-26-39(32,19-50-26)54-22(3)45)33-31(28(20)37(40,7)8)52-27(53-33)18-44(10)11/h12-13,17,21,25-27,29-33,46,49H,14-16,18-19H2,1-11H3,(H,43,48)/t21-,25-,26+,27+,29-,30+,31+,32-,33+,38+,39-,40+/m0/s1. The number of aliphatic hydroxyl groups is 2. The fraction of sp³-hybridized carbons (Fsp3) is 0.750. The molecule has 5 aliphatic rings. The zero-order valence-corrected chi connectivity index (χ0v) is 33.8. The lowest BCUT2D eigenvalue weighted by Crippen LogP contribution is -2.77. The maximum Gasteiger partial charge on any atom is 0.408 e. The first-order valence-corrected chi connectivity index (χ1v) is 19.1. The lowest BCUT2D eigenvalue weighted by molar-refractivity contribution is -0.337. The Kier molecular flexibility index (Phi) is 10.8. The van der Waals surface area contributed by atoms with Crippen molar-refractivity contribution >= 4 is 18.0 Å². The van der Waals surface area contributed by atoms with E-state index in [1.165, 1.54) is 13.0 Å². The van der Waals surface area contributed by atoms with Crippen LogP contribution >= 0.6 is 0 Å². The molecule has 306 valence electrons. The molecule has 15 heteroatoms. The van der Waals surface area contributed by atoms with Gasteiger partial charge in [0.05, 0.1) is 30.2 Å². The van der Waals surface area contributed by atoms with E-state index in [9.17, 15) is 29.0 Å². The normalized spacial score (nSPS) is 37.5. The predicted molar refractivity (Wildman–Crippen MR) is 195 cm³/mol. The molecule has 3 aliphatic carbocycles. The number of carbonyl (C=O) groups is 3. The van der Waals surface area contributed by atoms with E-state index in [1.807, 2.05) is 46.7 Å². The van der Waals surface area contributed by atoms with Gasteiger partial charge in [0.25, 0.3) is 0 Å². The van der Waals surface area contributed by atoms with Crippen LogP contribution < -0.4 is 5.32 Å². The number of pyridine rings is 1. The third-order valence-electron chi connectivity index (χ3n) is 12.9. The molecule has 6 rings (SSSR count). The van der Waals surface area contributed by atoms with Crippen LogP contribution in [-0.2, 0) is 38.0 Å². The smallest absolute Gasteiger partial charge is 0.408 e. The van der Waals surface area contributed by atoms with E-state index in [0.29, 0.717) is 25.0 Å². The van der Waals surface area contributed by atoms with Crippen LogP contribution in [0.25, 0.3) is 0 Å². The van der Waals surface area contributed by atoms with Crippen molar-refractivity contribution in [2.24, 2.45) is 22.7 Å². The number of aromatic nitrogens is 1. The Morgan fingerprint density at radius 2 is 1.85 bits per heavy atom. The Hall–Kier alpha value is -3.21. The maximum atomic E-state index is 14.1. The molecule has 0 unspecified atom stereocenters. The number of ether oxygens (including phenoxy) is 6. The highest BCUT2D eigenvalue weighted by Gasteiger charge is 2.75. The highest BCUT2D eigenvalue weighted by Crippen LogP contribution is 2.67. The highest BCUT2D eigenvalue weighted by molar-refractivity contribution is 5.78. The van der Waals surface area contributed by atoms with Gasteiger partial charge in [-0.1, -0.05) is 27.7 Å². The number of fused-ring (bicyclic) bond motifs is 8. The van der Waals surface area contributed by atoms with E-state index in [0.717, 1.165) is 17.8 Å². The number of rotatable bonds is 8.